The van der Waals surface area contributed by atoms with Gasteiger partial charge in [-0.2, -0.15) is 0 Å². The molecule has 0 spiro atoms. The average molecular weight is 449 g/mol. The Morgan fingerprint density at radius 2 is 1.91 bits per heavy atom. The lowest BCUT2D eigenvalue weighted by Gasteiger charge is -2.23. The number of methoxy groups -OCH3 is 1. The van der Waals surface area contributed by atoms with Gasteiger partial charge in [0, 0.05) is 4.88 Å². The summed E-state index contributed by atoms with van der Waals surface area (Å²) in [5.41, 5.74) is 2.70. The third-order valence-corrected chi connectivity index (χ3v) is 6.84. The summed E-state index contributed by atoms with van der Waals surface area (Å²) in [4.78, 5) is 34.3. The number of carbonyl (C=O) groups excluding carboxylic acids is 1. The normalized spacial score (nSPS) is 15.4. The lowest BCUT2D eigenvalue weighted by Crippen LogP contribution is -2.29. The summed E-state index contributed by atoms with van der Waals surface area (Å²) in [5.74, 6) is -0.204. The zero-order valence-corrected chi connectivity index (χ0v) is 18.7. The predicted octanol–water partition coefficient (Wildman–Crippen LogP) is 4.64. The molecule has 1 amide bonds. The van der Waals surface area contributed by atoms with Gasteiger partial charge in [-0.1, -0.05) is 17.7 Å². The molecule has 4 aromatic rings. The molecule has 0 unspecified atom stereocenters. The van der Waals surface area contributed by atoms with Crippen LogP contribution in [0.4, 0.5) is 5.13 Å². The first-order chi connectivity index (χ1) is 15.3. The van der Waals surface area contributed by atoms with Gasteiger partial charge >= 0.3 is 0 Å². The maximum Gasteiger partial charge on any atom is 0.297 e. The molecular weight excluding hydrogens is 428 g/mol. The van der Waals surface area contributed by atoms with Gasteiger partial charge < -0.3 is 14.3 Å². The largest absolute Gasteiger partial charge is 0.504 e. The molecule has 0 aliphatic carbocycles. The topological polar surface area (TPSA) is 92.9 Å². The molecule has 2 aromatic heterocycles. The average Bonchev–Trinajstić information content (AvgIpc) is 3.25. The van der Waals surface area contributed by atoms with Crippen molar-refractivity contribution in [1.29, 1.82) is 0 Å². The van der Waals surface area contributed by atoms with Gasteiger partial charge in [0.1, 0.15) is 5.58 Å². The second-order valence-electron chi connectivity index (χ2n) is 7.82. The van der Waals surface area contributed by atoms with Crippen molar-refractivity contribution in [3.8, 4) is 11.5 Å². The van der Waals surface area contributed by atoms with Crippen LogP contribution in [-0.4, -0.2) is 23.1 Å². The van der Waals surface area contributed by atoms with Crippen molar-refractivity contribution in [2.75, 3.05) is 12.0 Å². The van der Waals surface area contributed by atoms with E-state index in [1.54, 1.807) is 24.3 Å². The molecule has 5 rings (SSSR count). The standard InChI is InChI=1S/C24H20N2O5S/c1-11-5-8-17-15(9-11)21(28)19-20(14-6-7-16(27)18(10-14)30-4)26(23(29)22(19)31-17)24-25-12(2)13(3)32-24/h5-10,20,27H,1-4H3/t20-/m0/s1. The Kier molecular flexibility index (Phi) is 4.56. The zero-order chi connectivity index (χ0) is 22.7. The van der Waals surface area contributed by atoms with Crippen LogP contribution >= 0.6 is 11.3 Å². The number of rotatable bonds is 3. The van der Waals surface area contributed by atoms with E-state index in [4.69, 9.17) is 9.15 Å². The van der Waals surface area contributed by atoms with Crippen molar-refractivity contribution in [3.63, 3.8) is 0 Å². The Morgan fingerprint density at radius 1 is 1.12 bits per heavy atom. The summed E-state index contributed by atoms with van der Waals surface area (Å²) in [6.07, 6.45) is 0. The van der Waals surface area contributed by atoms with Crippen LogP contribution < -0.4 is 15.1 Å². The van der Waals surface area contributed by atoms with Gasteiger partial charge in [-0.05, 0) is 50.6 Å². The smallest absolute Gasteiger partial charge is 0.297 e. The van der Waals surface area contributed by atoms with Crippen LogP contribution in [-0.2, 0) is 0 Å². The van der Waals surface area contributed by atoms with Crippen molar-refractivity contribution < 1.29 is 19.1 Å². The number of carbonyl (C=O) groups is 1. The fraction of sp³-hybridized carbons (Fsp3) is 0.208. The fourth-order valence-electron chi connectivity index (χ4n) is 4.02. The number of phenols is 1. The highest BCUT2D eigenvalue weighted by molar-refractivity contribution is 7.15. The van der Waals surface area contributed by atoms with E-state index >= 15 is 0 Å². The first kappa shape index (κ1) is 20.3. The van der Waals surface area contributed by atoms with E-state index in [0.29, 0.717) is 21.7 Å². The molecule has 1 aliphatic rings. The second kappa shape index (κ2) is 7.20. The third-order valence-electron chi connectivity index (χ3n) is 5.77. The maximum absolute atomic E-state index is 13.6. The number of nitrogens with zero attached hydrogens (tertiary/aromatic N) is 2. The van der Waals surface area contributed by atoms with E-state index in [2.05, 4.69) is 4.98 Å². The monoisotopic (exact) mass is 448 g/mol. The minimum Gasteiger partial charge on any atom is -0.504 e. The highest BCUT2D eigenvalue weighted by Crippen LogP contribution is 2.44. The number of aromatic nitrogens is 1. The van der Waals surface area contributed by atoms with E-state index in [-0.39, 0.29) is 28.3 Å². The fourth-order valence-corrected chi connectivity index (χ4v) is 4.96. The van der Waals surface area contributed by atoms with Crippen molar-refractivity contribution in [1.82, 2.24) is 4.98 Å². The Bertz CT molecular complexity index is 1450. The maximum atomic E-state index is 13.6. The number of aryl methyl sites for hydroxylation is 3. The summed E-state index contributed by atoms with van der Waals surface area (Å²) < 4.78 is 11.3. The summed E-state index contributed by atoms with van der Waals surface area (Å²) in [7, 11) is 1.45. The number of fused-ring (bicyclic) bond motifs is 2. The van der Waals surface area contributed by atoms with Crippen molar-refractivity contribution in [3.05, 3.63) is 79.6 Å². The van der Waals surface area contributed by atoms with Crippen LogP contribution in [0.2, 0.25) is 0 Å². The SMILES string of the molecule is COc1cc([C@H]2c3c(oc4ccc(C)cc4c3=O)C(=O)N2c2nc(C)c(C)s2)ccc1O. The molecule has 32 heavy (non-hydrogen) atoms. The van der Waals surface area contributed by atoms with Crippen LogP contribution in [0.5, 0.6) is 11.5 Å². The number of aromatic hydroxyl groups is 1. The molecule has 0 bridgehead atoms. The van der Waals surface area contributed by atoms with E-state index < -0.39 is 11.9 Å². The molecule has 3 heterocycles. The first-order valence-corrected chi connectivity index (χ1v) is 10.8. The number of ether oxygens (including phenoxy) is 1. The van der Waals surface area contributed by atoms with E-state index in [1.807, 2.05) is 26.8 Å². The molecule has 8 heteroatoms. The Balaban J connectivity index is 1.83. The van der Waals surface area contributed by atoms with Gasteiger partial charge in [-0.3, -0.25) is 14.5 Å². The lowest BCUT2D eigenvalue weighted by molar-refractivity contribution is 0.0971. The van der Waals surface area contributed by atoms with Crippen LogP contribution in [0.25, 0.3) is 11.0 Å². The highest BCUT2D eigenvalue weighted by atomic mass is 32.1. The number of amides is 1. The number of thiazole rings is 1. The van der Waals surface area contributed by atoms with Crippen LogP contribution in [0.1, 0.15) is 43.9 Å². The van der Waals surface area contributed by atoms with Crippen LogP contribution in [0, 0.1) is 20.8 Å². The number of hydrogen-bond donors (Lipinski definition) is 1. The van der Waals surface area contributed by atoms with Gasteiger partial charge in [-0.25, -0.2) is 4.98 Å². The van der Waals surface area contributed by atoms with Crippen LogP contribution in [0.15, 0.2) is 45.6 Å². The second-order valence-corrected chi connectivity index (χ2v) is 9.00. The molecule has 0 saturated carbocycles. The minimum atomic E-state index is -0.766. The van der Waals surface area contributed by atoms with Crippen molar-refractivity contribution in [2.45, 2.75) is 26.8 Å². The number of phenolic OH excluding ortho intramolecular Hbond substituents is 1. The highest BCUT2D eigenvalue weighted by Gasteiger charge is 2.45. The molecule has 1 N–H and O–H groups in total. The molecule has 7 nitrogen and oxygen atoms in total. The van der Waals surface area contributed by atoms with E-state index in [1.165, 1.54) is 29.4 Å². The molecule has 1 aliphatic heterocycles. The Labute approximate surface area is 187 Å². The Morgan fingerprint density at radius 3 is 2.59 bits per heavy atom. The molecule has 0 fully saturated rings. The van der Waals surface area contributed by atoms with Gasteiger partial charge in [0.2, 0.25) is 5.76 Å². The quantitative estimate of drug-likeness (QED) is 0.491. The third kappa shape index (κ3) is 2.90. The summed E-state index contributed by atoms with van der Waals surface area (Å²) in [6.45, 7) is 5.71. The Hall–Kier alpha value is -3.65. The lowest BCUT2D eigenvalue weighted by atomic mass is 9.98. The van der Waals surface area contributed by atoms with Crippen LogP contribution in [0.3, 0.4) is 0 Å². The molecule has 2 aromatic carbocycles. The van der Waals surface area contributed by atoms with Gasteiger partial charge in [-0.15, -0.1) is 11.3 Å². The van der Waals surface area contributed by atoms with Gasteiger partial charge in [0.25, 0.3) is 5.91 Å². The van der Waals surface area contributed by atoms with Gasteiger partial charge in [0.05, 0.1) is 29.8 Å². The van der Waals surface area contributed by atoms with E-state index in [9.17, 15) is 14.7 Å². The summed E-state index contributed by atoms with van der Waals surface area (Å²) >= 11 is 1.38. The first-order valence-electron chi connectivity index (χ1n) is 10.0. The summed E-state index contributed by atoms with van der Waals surface area (Å²) in [5, 5.41) is 11.0. The molecule has 1 atom stereocenters. The molecule has 162 valence electrons. The van der Waals surface area contributed by atoms with Gasteiger partial charge in [0.15, 0.2) is 22.1 Å². The zero-order valence-electron chi connectivity index (χ0n) is 17.9. The predicted molar refractivity (Wildman–Crippen MR) is 122 cm³/mol. The molecular formula is C24H20N2O5S. The summed E-state index contributed by atoms with van der Waals surface area (Å²) in [6, 6.07) is 9.33. The molecule has 0 radical (unpaired) electrons. The van der Waals surface area contributed by atoms with E-state index in [0.717, 1.165) is 16.1 Å². The number of hydrogen-bond acceptors (Lipinski definition) is 7. The number of anilines is 1. The minimum absolute atomic E-state index is 0.00824. The van der Waals surface area contributed by atoms with Crippen molar-refractivity contribution >= 4 is 33.3 Å². The molecule has 0 saturated heterocycles. The number of benzene rings is 2. The van der Waals surface area contributed by atoms with Crippen molar-refractivity contribution in [2.24, 2.45) is 0 Å².